The molecule has 0 aliphatic carbocycles. The molecule has 1 aromatic carbocycles. The number of rotatable bonds is 5. The van der Waals surface area contributed by atoms with Gasteiger partial charge in [0.25, 0.3) is 0 Å². The summed E-state index contributed by atoms with van der Waals surface area (Å²) in [6, 6.07) is 7.60. The Morgan fingerprint density at radius 1 is 1.27 bits per heavy atom. The Balaban J connectivity index is 1.74. The summed E-state index contributed by atoms with van der Waals surface area (Å²) < 4.78 is 0. The summed E-state index contributed by atoms with van der Waals surface area (Å²) in [5, 5.41) is 17.0. The van der Waals surface area contributed by atoms with Crippen LogP contribution in [0.5, 0.6) is 0 Å². The monoisotopic (exact) mass is 318 g/mol. The standard InChI is InChI=1S/C16H19ClN4O/c17-12-3-1-11(2-4-12)7-13(9-22)21-16-14-5-6-18-8-15(14)19-10-20-16/h1-4,10,13,18,22H,5-9H2,(H,19,20,21). The lowest BCUT2D eigenvalue weighted by Crippen LogP contribution is -2.30. The maximum absolute atomic E-state index is 9.66. The zero-order valence-electron chi connectivity index (χ0n) is 12.2. The predicted molar refractivity (Wildman–Crippen MR) is 87.1 cm³/mol. The fourth-order valence-corrected chi connectivity index (χ4v) is 2.79. The molecule has 0 amide bonds. The summed E-state index contributed by atoms with van der Waals surface area (Å²) in [5.74, 6) is 0.833. The summed E-state index contributed by atoms with van der Waals surface area (Å²) >= 11 is 5.90. The van der Waals surface area contributed by atoms with Crippen LogP contribution >= 0.6 is 11.6 Å². The number of aliphatic hydroxyl groups excluding tert-OH is 1. The van der Waals surface area contributed by atoms with Gasteiger partial charge in [0.1, 0.15) is 12.1 Å². The van der Waals surface area contributed by atoms with Gasteiger partial charge in [0, 0.05) is 17.1 Å². The molecule has 0 fully saturated rings. The SMILES string of the molecule is OCC(Cc1ccc(Cl)cc1)Nc1ncnc2c1CCNC2. The van der Waals surface area contributed by atoms with Crippen molar-refractivity contribution in [3.63, 3.8) is 0 Å². The summed E-state index contributed by atoms with van der Waals surface area (Å²) in [7, 11) is 0. The zero-order chi connectivity index (χ0) is 15.4. The number of fused-ring (bicyclic) bond motifs is 1. The average Bonchev–Trinajstić information content (AvgIpc) is 2.56. The number of anilines is 1. The lowest BCUT2D eigenvalue weighted by Gasteiger charge is -2.22. The van der Waals surface area contributed by atoms with Crippen LogP contribution in [-0.2, 0) is 19.4 Å². The molecule has 116 valence electrons. The minimum Gasteiger partial charge on any atom is -0.394 e. The van der Waals surface area contributed by atoms with E-state index in [0.717, 1.165) is 47.2 Å². The van der Waals surface area contributed by atoms with Gasteiger partial charge in [-0.25, -0.2) is 9.97 Å². The van der Waals surface area contributed by atoms with Crippen LogP contribution in [0.1, 0.15) is 16.8 Å². The molecule has 0 saturated carbocycles. The molecule has 0 saturated heterocycles. The molecule has 22 heavy (non-hydrogen) atoms. The third kappa shape index (κ3) is 3.55. The minimum absolute atomic E-state index is 0.0413. The lowest BCUT2D eigenvalue weighted by molar-refractivity contribution is 0.273. The summed E-state index contributed by atoms with van der Waals surface area (Å²) in [5.41, 5.74) is 3.31. The average molecular weight is 319 g/mol. The van der Waals surface area contributed by atoms with Gasteiger partial charge in [-0.2, -0.15) is 0 Å². The fourth-order valence-electron chi connectivity index (χ4n) is 2.67. The molecule has 0 spiro atoms. The van der Waals surface area contributed by atoms with E-state index in [1.165, 1.54) is 0 Å². The van der Waals surface area contributed by atoms with Crippen molar-refractivity contribution < 1.29 is 5.11 Å². The van der Waals surface area contributed by atoms with Gasteiger partial charge in [0.05, 0.1) is 18.3 Å². The molecular weight excluding hydrogens is 300 g/mol. The molecule has 3 N–H and O–H groups in total. The summed E-state index contributed by atoms with van der Waals surface area (Å²) in [6.45, 7) is 1.74. The van der Waals surface area contributed by atoms with Crippen molar-refractivity contribution in [1.29, 1.82) is 0 Å². The van der Waals surface area contributed by atoms with Crippen LogP contribution in [0.4, 0.5) is 5.82 Å². The molecule has 2 heterocycles. The fraction of sp³-hybridized carbons (Fsp3) is 0.375. The smallest absolute Gasteiger partial charge is 0.133 e. The summed E-state index contributed by atoms with van der Waals surface area (Å²) in [6.07, 6.45) is 3.19. The Morgan fingerprint density at radius 3 is 2.86 bits per heavy atom. The number of nitrogens with zero attached hydrogens (tertiary/aromatic N) is 2. The van der Waals surface area contributed by atoms with Gasteiger partial charge in [-0.3, -0.25) is 0 Å². The Hall–Kier alpha value is -1.69. The number of nitrogens with one attached hydrogen (secondary N) is 2. The van der Waals surface area contributed by atoms with Crippen LogP contribution in [0.3, 0.4) is 0 Å². The van der Waals surface area contributed by atoms with E-state index in [4.69, 9.17) is 11.6 Å². The van der Waals surface area contributed by atoms with Crippen LogP contribution in [0.15, 0.2) is 30.6 Å². The molecular formula is C16H19ClN4O. The van der Waals surface area contributed by atoms with Crippen molar-refractivity contribution in [2.24, 2.45) is 0 Å². The molecule has 3 rings (SSSR count). The third-order valence-electron chi connectivity index (χ3n) is 3.84. The van der Waals surface area contributed by atoms with Gasteiger partial charge in [-0.1, -0.05) is 23.7 Å². The van der Waals surface area contributed by atoms with Gasteiger partial charge in [0.2, 0.25) is 0 Å². The number of halogens is 1. The van der Waals surface area contributed by atoms with Gasteiger partial charge < -0.3 is 15.7 Å². The number of hydrogen-bond acceptors (Lipinski definition) is 5. The van der Waals surface area contributed by atoms with Crippen LogP contribution in [0.2, 0.25) is 5.02 Å². The van der Waals surface area contributed by atoms with E-state index in [1.807, 2.05) is 24.3 Å². The first-order chi connectivity index (χ1) is 10.8. The van der Waals surface area contributed by atoms with E-state index in [2.05, 4.69) is 20.6 Å². The molecule has 1 atom stereocenters. The Bertz CT molecular complexity index is 633. The van der Waals surface area contributed by atoms with Crippen molar-refractivity contribution in [2.75, 3.05) is 18.5 Å². The van der Waals surface area contributed by atoms with Crippen molar-refractivity contribution in [3.05, 3.63) is 52.4 Å². The molecule has 1 aromatic heterocycles. The second kappa shape index (κ2) is 7.05. The van der Waals surface area contributed by atoms with Crippen molar-refractivity contribution in [3.8, 4) is 0 Å². The topological polar surface area (TPSA) is 70.1 Å². The first-order valence-electron chi connectivity index (χ1n) is 7.41. The zero-order valence-corrected chi connectivity index (χ0v) is 13.0. The lowest BCUT2D eigenvalue weighted by atomic mass is 10.0. The Labute approximate surface area is 134 Å². The first kappa shape index (κ1) is 15.2. The number of benzene rings is 1. The van der Waals surface area contributed by atoms with Crippen LogP contribution in [-0.4, -0.2) is 34.3 Å². The predicted octanol–water partition coefficient (Wildman–Crippen LogP) is 1.79. The highest BCUT2D eigenvalue weighted by Gasteiger charge is 2.17. The molecule has 0 radical (unpaired) electrons. The van der Waals surface area contributed by atoms with E-state index in [1.54, 1.807) is 6.33 Å². The van der Waals surface area contributed by atoms with Crippen LogP contribution < -0.4 is 10.6 Å². The van der Waals surface area contributed by atoms with Crippen molar-refractivity contribution >= 4 is 17.4 Å². The van der Waals surface area contributed by atoms with E-state index >= 15 is 0 Å². The molecule has 1 aliphatic rings. The Morgan fingerprint density at radius 2 is 2.09 bits per heavy atom. The highest BCUT2D eigenvalue weighted by atomic mass is 35.5. The van der Waals surface area contributed by atoms with Gasteiger partial charge in [0.15, 0.2) is 0 Å². The quantitative estimate of drug-likeness (QED) is 0.784. The number of aromatic nitrogens is 2. The highest BCUT2D eigenvalue weighted by molar-refractivity contribution is 6.30. The second-order valence-electron chi connectivity index (χ2n) is 5.43. The molecule has 2 aromatic rings. The third-order valence-corrected chi connectivity index (χ3v) is 4.09. The highest BCUT2D eigenvalue weighted by Crippen LogP contribution is 2.20. The van der Waals surface area contributed by atoms with Crippen LogP contribution in [0.25, 0.3) is 0 Å². The van der Waals surface area contributed by atoms with E-state index in [-0.39, 0.29) is 12.6 Å². The normalized spacial score (nSPS) is 15.2. The molecule has 6 heteroatoms. The van der Waals surface area contributed by atoms with E-state index in [0.29, 0.717) is 6.42 Å². The van der Waals surface area contributed by atoms with E-state index in [9.17, 15) is 5.11 Å². The minimum atomic E-state index is -0.0879. The number of aliphatic hydroxyl groups is 1. The molecule has 0 bridgehead atoms. The molecule has 1 aliphatic heterocycles. The van der Waals surface area contributed by atoms with Gasteiger partial charge in [-0.15, -0.1) is 0 Å². The van der Waals surface area contributed by atoms with Crippen molar-refractivity contribution in [1.82, 2.24) is 15.3 Å². The van der Waals surface area contributed by atoms with Crippen LogP contribution in [0, 0.1) is 0 Å². The largest absolute Gasteiger partial charge is 0.394 e. The maximum atomic E-state index is 9.66. The van der Waals surface area contributed by atoms with E-state index < -0.39 is 0 Å². The Kier molecular flexibility index (Phi) is 4.87. The molecule has 1 unspecified atom stereocenters. The maximum Gasteiger partial charge on any atom is 0.133 e. The second-order valence-corrected chi connectivity index (χ2v) is 5.87. The molecule has 5 nitrogen and oxygen atoms in total. The summed E-state index contributed by atoms with van der Waals surface area (Å²) in [4.78, 5) is 8.67. The number of hydrogen-bond donors (Lipinski definition) is 3. The van der Waals surface area contributed by atoms with Gasteiger partial charge >= 0.3 is 0 Å². The van der Waals surface area contributed by atoms with Gasteiger partial charge in [-0.05, 0) is 37.1 Å². The first-order valence-corrected chi connectivity index (χ1v) is 7.79. The van der Waals surface area contributed by atoms with Crippen molar-refractivity contribution in [2.45, 2.75) is 25.4 Å².